The van der Waals surface area contributed by atoms with Crippen molar-refractivity contribution in [2.24, 2.45) is 4.99 Å². The standard InChI is InChI=1S/C10H20N4/c1-8-6-11-10(12-8)14(3)9-4-5-13(2)7-9/h8-9H,4-7H2,1-3H3,(H,11,12). The number of aliphatic imine (C=N–C) groups is 1. The second-order valence-corrected chi connectivity index (χ2v) is 4.53. The maximum atomic E-state index is 4.50. The van der Waals surface area contributed by atoms with Gasteiger partial charge in [-0.05, 0) is 26.9 Å². The third-order valence-electron chi connectivity index (χ3n) is 3.14. The van der Waals surface area contributed by atoms with E-state index in [1.807, 2.05) is 0 Å². The third kappa shape index (κ3) is 1.85. The van der Waals surface area contributed by atoms with Crippen LogP contribution in [0.1, 0.15) is 13.3 Å². The highest BCUT2D eigenvalue weighted by atomic mass is 15.4. The summed E-state index contributed by atoms with van der Waals surface area (Å²) in [6.07, 6.45) is 1.25. The Morgan fingerprint density at radius 3 is 2.86 bits per heavy atom. The Kier molecular flexibility index (Phi) is 2.63. The Balaban J connectivity index is 1.92. The Morgan fingerprint density at radius 2 is 2.36 bits per heavy atom. The molecule has 0 aliphatic carbocycles. The van der Waals surface area contributed by atoms with Gasteiger partial charge in [0.1, 0.15) is 0 Å². The second-order valence-electron chi connectivity index (χ2n) is 4.53. The molecule has 4 nitrogen and oxygen atoms in total. The molecule has 0 saturated carbocycles. The summed E-state index contributed by atoms with van der Waals surface area (Å²) in [6.45, 7) is 5.46. The van der Waals surface area contributed by atoms with Crippen LogP contribution in [0.4, 0.5) is 0 Å². The van der Waals surface area contributed by atoms with E-state index in [9.17, 15) is 0 Å². The smallest absolute Gasteiger partial charge is 0.194 e. The van der Waals surface area contributed by atoms with E-state index in [1.165, 1.54) is 13.0 Å². The minimum atomic E-state index is 0.506. The van der Waals surface area contributed by atoms with E-state index in [0.717, 1.165) is 19.0 Å². The highest BCUT2D eigenvalue weighted by Crippen LogP contribution is 2.13. The minimum absolute atomic E-state index is 0.506. The first-order valence-corrected chi connectivity index (χ1v) is 5.39. The summed E-state index contributed by atoms with van der Waals surface area (Å²) in [6, 6.07) is 1.14. The van der Waals surface area contributed by atoms with Gasteiger partial charge in [-0.2, -0.15) is 0 Å². The lowest BCUT2D eigenvalue weighted by molar-refractivity contribution is 0.336. The van der Waals surface area contributed by atoms with Crippen LogP contribution in [0.5, 0.6) is 0 Å². The van der Waals surface area contributed by atoms with Gasteiger partial charge >= 0.3 is 0 Å². The van der Waals surface area contributed by atoms with Crippen LogP contribution in [0, 0.1) is 0 Å². The maximum absolute atomic E-state index is 4.50. The molecule has 1 saturated heterocycles. The van der Waals surface area contributed by atoms with Crippen molar-refractivity contribution >= 4 is 5.96 Å². The van der Waals surface area contributed by atoms with E-state index in [2.05, 4.69) is 41.1 Å². The average Bonchev–Trinajstić information content (AvgIpc) is 2.73. The Morgan fingerprint density at radius 1 is 1.57 bits per heavy atom. The molecule has 0 aromatic carbocycles. The van der Waals surface area contributed by atoms with Crippen LogP contribution in [-0.4, -0.2) is 61.6 Å². The van der Waals surface area contributed by atoms with Crippen molar-refractivity contribution in [3.63, 3.8) is 0 Å². The van der Waals surface area contributed by atoms with E-state index in [0.29, 0.717) is 12.1 Å². The number of hydrogen-bond donors (Lipinski definition) is 1. The molecule has 4 heteroatoms. The SMILES string of the molecule is CC1CN=C(N(C)C2CCN(C)C2)N1. The van der Waals surface area contributed by atoms with Crippen molar-refractivity contribution in [3.8, 4) is 0 Å². The molecule has 0 aromatic rings. The molecule has 2 rings (SSSR count). The van der Waals surface area contributed by atoms with Gasteiger partial charge in [0.05, 0.1) is 6.54 Å². The summed E-state index contributed by atoms with van der Waals surface area (Å²) in [5, 5.41) is 3.40. The second kappa shape index (κ2) is 3.77. The van der Waals surface area contributed by atoms with E-state index in [4.69, 9.17) is 0 Å². The molecular formula is C10H20N4. The molecule has 2 atom stereocenters. The monoisotopic (exact) mass is 196 g/mol. The number of nitrogens with one attached hydrogen (secondary N) is 1. The van der Waals surface area contributed by atoms with E-state index < -0.39 is 0 Å². The fraction of sp³-hybridized carbons (Fsp3) is 0.900. The van der Waals surface area contributed by atoms with Crippen molar-refractivity contribution in [2.45, 2.75) is 25.4 Å². The summed E-state index contributed by atoms with van der Waals surface area (Å²) in [5.41, 5.74) is 0. The fourth-order valence-corrected chi connectivity index (χ4v) is 2.15. The summed E-state index contributed by atoms with van der Waals surface area (Å²) in [5.74, 6) is 1.08. The lowest BCUT2D eigenvalue weighted by Crippen LogP contribution is -2.45. The van der Waals surface area contributed by atoms with Gasteiger partial charge < -0.3 is 15.1 Å². The molecule has 2 aliphatic rings. The quantitative estimate of drug-likeness (QED) is 0.639. The van der Waals surface area contributed by atoms with Gasteiger partial charge in [0.15, 0.2) is 5.96 Å². The molecule has 2 unspecified atom stereocenters. The van der Waals surface area contributed by atoms with E-state index >= 15 is 0 Å². The molecule has 14 heavy (non-hydrogen) atoms. The Labute approximate surface area is 86.0 Å². The Hall–Kier alpha value is -0.770. The predicted molar refractivity (Wildman–Crippen MR) is 58.6 cm³/mol. The lowest BCUT2D eigenvalue weighted by atomic mass is 10.2. The number of nitrogens with zero attached hydrogens (tertiary/aromatic N) is 3. The van der Waals surface area contributed by atoms with E-state index in [-0.39, 0.29) is 0 Å². The van der Waals surface area contributed by atoms with Gasteiger partial charge in [-0.15, -0.1) is 0 Å². The largest absolute Gasteiger partial charge is 0.352 e. The molecule has 0 bridgehead atoms. The molecule has 80 valence electrons. The summed E-state index contributed by atoms with van der Waals surface area (Å²) < 4.78 is 0. The molecule has 1 fully saturated rings. The molecule has 2 heterocycles. The van der Waals surface area contributed by atoms with Crippen LogP contribution in [0.15, 0.2) is 4.99 Å². The van der Waals surface area contributed by atoms with Crippen molar-refractivity contribution in [3.05, 3.63) is 0 Å². The highest BCUT2D eigenvalue weighted by molar-refractivity contribution is 5.82. The number of likely N-dealkylation sites (N-methyl/N-ethyl adjacent to an activating group) is 2. The number of likely N-dealkylation sites (tertiary alicyclic amines) is 1. The van der Waals surface area contributed by atoms with Crippen LogP contribution >= 0.6 is 0 Å². The zero-order chi connectivity index (χ0) is 10.1. The molecule has 0 amide bonds. The normalized spacial score (nSPS) is 32.9. The van der Waals surface area contributed by atoms with Gasteiger partial charge in [0.25, 0.3) is 0 Å². The number of rotatable bonds is 1. The van der Waals surface area contributed by atoms with Crippen molar-refractivity contribution < 1.29 is 0 Å². The van der Waals surface area contributed by atoms with Crippen LogP contribution in [0.3, 0.4) is 0 Å². The lowest BCUT2D eigenvalue weighted by Gasteiger charge is -2.26. The van der Waals surface area contributed by atoms with Crippen molar-refractivity contribution in [2.75, 3.05) is 33.7 Å². The van der Waals surface area contributed by atoms with Crippen LogP contribution in [0.2, 0.25) is 0 Å². The zero-order valence-corrected chi connectivity index (χ0v) is 9.32. The number of guanidine groups is 1. The zero-order valence-electron chi connectivity index (χ0n) is 9.32. The van der Waals surface area contributed by atoms with Gasteiger partial charge in [-0.3, -0.25) is 4.99 Å². The van der Waals surface area contributed by atoms with Gasteiger partial charge in [0, 0.05) is 25.7 Å². The predicted octanol–water partition coefficient (Wildman–Crippen LogP) is -0.0300. The maximum Gasteiger partial charge on any atom is 0.194 e. The van der Waals surface area contributed by atoms with Crippen LogP contribution in [-0.2, 0) is 0 Å². The molecule has 0 radical (unpaired) electrons. The van der Waals surface area contributed by atoms with Crippen LogP contribution in [0.25, 0.3) is 0 Å². The highest BCUT2D eigenvalue weighted by Gasteiger charge is 2.27. The van der Waals surface area contributed by atoms with Crippen molar-refractivity contribution in [1.82, 2.24) is 15.1 Å². The first kappa shape index (κ1) is 9.77. The minimum Gasteiger partial charge on any atom is -0.352 e. The first-order valence-electron chi connectivity index (χ1n) is 5.39. The van der Waals surface area contributed by atoms with Gasteiger partial charge in [0.2, 0.25) is 0 Å². The fourth-order valence-electron chi connectivity index (χ4n) is 2.15. The summed E-state index contributed by atoms with van der Waals surface area (Å²) >= 11 is 0. The van der Waals surface area contributed by atoms with Crippen molar-refractivity contribution in [1.29, 1.82) is 0 Å². The molecule has 2 aliphatic heterocycles. The summed E-state index contributed by atoms with van der Waals surface area (Å²) in [7, 11) is 4.33. The number of hydrogen-bond acceptors (Lipinski definition) is 4. The summed E-state index contributed by atoms with van der Waals surface area (Å²) in [4.78, 5) is 9.17. The molecule has 0 spiro atoms. The first-order chi connectivity index (χ1) is 6.66. The van der Waals surface area contributed by atoms with Gasteiger partial charge in [-0.1, -0.05) is 0 Å². The molecular weight excluding hydrogens is 176 g/mol. The van der Waals surface area contributed by atoms with Crippen LogP contribution < -0.4 is 5.32 Å². The topological polar surface area (TPSA) is 30.9 Å². The average molecular weight is 196 g/mol. The van der Waals surface area contributed by atoms with E-state index in [1.54, 1.807) is 0 Å². The molecule has 0 aromatic heterocycles. The Bertz CT molecular complexity index is 238. The van der Waals surface area contributed by atoms with Gasteiger partial charge in [-0.25, -0.2) is 0 Å². The third-order valence-corrected chi connectivity index (χ3v) is 3.14. The molecule has 1 N–H and O–H groups in total.